The van der Waals surface area contributed by atoms with E-state index >= 15 is 0 Å². The van der Waals surface area contributed by atoms with Crippen molar-refractivity contribution >= 4 is 23.2 Å². The second-order valence-corrected chi connectivity index (χ2v) is 5.59. The molecule has 0 saturated heterocycles. The van der Waals surface area contributed by atoms with Crippen molar-refractivity contribution in [3.8, 4) is 5.69 Å². The number of hydrogen-bond donors (Lipinski definition) is 2. The Morgan fingerprint density at radius 1 is 1.50 bits per heavy atom. The van der Waals surface area contributed by atoms with E-state index in [2.05, 4.69) is 10.4 Å². The summed E-state index contributed by atoms with van der Waals surface area (Å²) in [6.45, 7) is 3.84. The summed E-state index contributed by atoms with van der Waals surface area (Å²) in [4.78, 5) is 12.2. The van der Waals surface area contributed by atoms with Gasteiger partial charge in [0, 0.05) is 24.0 Å². The molecule has 2 aromatic rings. The molecule has 1 heterocycles. The predicted octanol–water partition coefficient (Wildman–Crippen LogP) is 2.45. The molecule has 1 aromatic carbocycles. The Hall–Kier alpha value is -1.85. The van der Waals surface area contributed by atoms with E-state index in [1.54, 1.807) is 49.1 Å². The summed E-state index contributed by atoms with van der Waals surface area (Å²) in [6, 6.07) is 7.07. The summed E-state index contributed by atoms with van der Waals surface area (Å²) >= 11 is 6.00. The van der Waals surface area contributed by atoms with Crippen molar-refractivity contribution < 1.29 is 4.79 Å². The maximum atomic E-state index is 12.2. The minimum absolute atomic E-state index is 0.157. The van der Waals surface area contributed by atoms with Crippen molar-refractivity contribution in [2.24, 2.45) is 11.1 Å². The van der Waals surface area contributed by atoms with Gasteiger partial charge in [0.05, 0.1) is 16.8 Å². The lowest BCUT2D eigenvalue weighted by Crippen LogP contribution is -2.37. The highest BCUT2D eigenvalue weighted by Crippen LogP contribution is 2.26. The third-order valence-electron chi connectivity index (χ3n) is 3.08. The largest absolute Gasteiger partial charge is 0.329 e. The van der Waals surface area contributed by atoms with E-state index < -0.39 is 5.41 Å². The second-order valence-electron chi connectivity index (χ2n) is 5.15. The number of amides is 1. The molecule has 0 bridgehead atoms. The maximum absolute atomic E-state index is 12.2. The summed E-state index contributed by atoms with van der Waals surface area (Å²) in [5.74, 6) is -0.157. The number of anilines is 1. The molecule has 5 nitrogen and oxygen atoms in total. The number of carbonyl (C=O) groups excluding carboxylic acids is 1. The summed E-state index contributed by atoms with van der Waals surface area (Å²) < 4.78 is 1.67. The van der Waals surface area contributed by atoms with Gasteiger partial charge < -0.3 is 11.1 Å². The quantitative estimate of drug-likeness (QED) is 0.909. The highest BCUT2D eigenvalue weighted by Gasteiger charge is 2.26. The van der Waals surface area contributed by atoms with Gasteiger partial charge in [-0.3, -0.25) is 4.79 Å². The fourth-order valence-corrected chi connectivity index (χ4v) is 1.78. The van der Waals surface area contributed by atoms with Crippen molar-refractivity contribution in [2.45, 2.75) is 13.8 Å². The summed E-state index contributed by atoms with van der Waals surface area (Å²) in [6.07, 6.45) is 3.47. The molecule has 0 aliphatic carbocycles. The van der Waals surface area contributed by atoms with Crippen LogP contribution in [0.3, 0.4) is 0 Å². The van der Waals surface area contributed by atoms with Gasteiger partial charge in [-0.15, -0.1) is 0 Å². The molecule has 1 amide bonds. The fourth-order valence-electron chi connectivity index (χ4n) is 1.60. The van der Waals surface area contributed by atoms with Crippen LogP contribution < -0.4 is 11.1 Å². The maximum Gasteiger partial charge on any atom is 0.231 e. The monoisotopic (exact) mass is 292 g/mol. The fraction of sp³-hybridized carbons (Fsp3) is 0.286. The molecule has 1 aromatic heterocycles. The molecule has 106 valence electrons. The van der Waals surface area contributed by atoms with E-state index in [1.807, 2.05) is 6.07 Å². The van der Waals surface area contributed by atoms with Crippen LogP contribution in [0.15, 0.2) is 36.7 Å². The number of nitrogens with zero attached hydrogens (tertiary/aromatic N) is 2. The van der Waals surface area contributed by atoms with Crippen LogP contribution in [0, 0.1) is 5.41 Å². The predicted molar refractivity (Wildman–Crippen MR) is 80.0 cm³/mol. The molecule has 2 rings (SSSR count). The lowest BCUT2D eigenvalue weighted by atomic mass is 9.92. The van der Waals surface area contributed by atoms with Gasteiger partial charge in [0.2, 0.25) is 5.91 Å². The first-order valence-corrected chi connectivity index (χ1v) is 6.63. The topological polar surface area (TPSA) is 72.9 Å². The molecular formula is C14H17ClN4O. The summed E-state index contributed by atoms with van der Waals surface area (Å²) in [7, 11) is 0. The standard InChI is InChI=1S/C14H17ClN4O/c1-14(2,9-16)13(20)18-11-8-10(15)4-5-12(11)19-7-3-6-17-19/h3-8H,9,16H2,1-2H3,(H,18,20). The number of benzene rings is 1. The smallest absolute Gasteiger partial charge is 0.231 e. The highest BCUT2D eigenvalue weighted by atomic mass is 35.5. The molecule has 0 spiro atoms. The van der Waals surface area contributed by atoms with E-state index in [4.69, 9.17) is 17.3 Å². The lowest BCUT2D eigenvalue weighted by molar-refractivity contribution is -0.123. The molecule has 3 N–H and O–H groups in total. The van der Waals surface area contributed by atoms with Crippen molar-refractivity contribution in [1.29, 1.82) is 0 Å². The molecule has 0 fully saturated rings. The summed E-state index contributed by atoms with van der Waals surface area (Å²) in [5.41, 5.74) is 6.32. The highest BCUT2D eigenvalue weighted by molar-refractivity contribution is 6.31. The molecule has 20 heavy (non-hydrogen) atoms. The minimum atomic E-state index is -0.649. The van der Waals surface area contributed by atoms with E-state index in [0.717, 1.165) is 5.69 Å². The van der Waals surface area contributed by atoms with Gasteiger partial charge in [0.15, 0.2) is 0 Å². The van der Waals surface area contributed by atoms with Gasteiger partial charge in [-0.2, -0.15) is 5.10 Å². The van der Waals surface area contributed by atoms with Crippen LogP contribution in [0.2, 0.25) is 5.02 Å². The van der Waals surface area contributed by atoms with E-state index in [0.29, 0.717) is 10.7 Å². The van der Waals surface area contributed by atoms with Gasteiger partial charge in [-0.05, 0) is 38.1 Å². The van der Waals surface area contributed by atoms with E-state index in [9.17, 15) is 4.79 Å². The van der Waals surface area contributed by atoms with Crippen LogP contribution in [0.5, 0.6) is 0 Å². The lowest BCUT2D eigenvalue weighted by Gasteiger charge is -2.22. The molecule has 0 saturated carbocycles. The van der Waals surface area contributed by atoms with Crippen LogP contribution >= 0.6 is 11.6 Å². The van der Waals surface area contributed by atoms with Crippen molar-refractivity contribution in [3.63, 3.8) is 0 Å². The average Bonchev–Trinajstić information content (AvgIpc) is 2.92. The third-order valence-corrected chi connectivity index (χ3v) is 3.32. The Bertz CT molecular complexity index is 608. The normalized spacial score (nSPS) is 11.4. The number of aromatic nitrogens is 2. The Morgan fingerprint density at radius 3 is 2.85 bits per heavy atom. The molecule has 0 radical (unpaired) electrons. The first-order chi connectivity index (χ1) is 9.44. The SMILES string of the molecule is CC(C)(CN)C(=O)Nc1cc(Cl)ccc1-n1cccn1. The molecule has 6 heteroatoms. The first-order valence-electron chi connectivity index (χ1n) is 6.25. The number of nitrogens with one attached hydrogen (secondary N) is 1. The minimum Gasteiger partial charge on any atom is -0.329 e. The van der Waals surface area contributed by atoms with E-state index in [-0.39, 0.29) is 12.5 Å². The molecular weight excluding hydrogens is 276 g/mol. The zero-order valence-corrected chi connectivity index (χ0v) is 12.2. The van der Waals surface area contributed by atoms with Crippen LogP contribution in [-0.2, 0) is 4.79 Å². The number of rotatable bonds is 4. The second kappa shape index (κ2) is 5.64. The van der Waals surface area contributed by atoms with Gasteiger partial charge >= 0.3 is 0 Å². The Kier molecular flexibility index (Phi) is 4.11. The van der Waals surface area contributed by atoms with Gasteiger partial charge in [-0.1, -0.05) is 11.6 Å². The van der Waals surface area contributed by atoms with Gasteiger partial charge in [0.1, 0.15) is 0 Å². The Labute approximate surface area is 122 Å². The van der Waals surface area contributed by atoms with Crippen molar-refractivity contribution in [3.05, 3.63) is 41.7 Å². The molecule has 0 aliphatic rings. The third kappa shape index (κ3) is 3.00. The zero-order valence-electron chi connectivity index (χ0n) is 11.4. The number of carbonyl (C=O) groups is 1. The van der Waals surface area contributed by atoms with Crippen molar-refractivity contribution in [2.75, 3.05) is 11.9 Å². The summed E-state index contributed by atoms with van der Waals surface area (Å²) in [5, 5.41) is 7.57. The molecule has 0 atom stereocenters. The molecule has 0 unspecified atom stereocenters. The Balaban J connectivity index is 2.36. The average molecular weight is 293 g/mol. The first kappa shape index (κ1) is 14.6. The van der Waals surface area contributed by atoms with Gasteiger partial charge in [0.25, 0.3) is 0 Å². The Morgan fingerprint density at radius 2 is 2.25 bits per heavy atom. The number of hydrogen-bond acceptors (Lipinski definition) is 3. The van der Waals surface area contributed by atoms with Gasteiger partial charge in [-0.25, -0.2) is 4.68 Å². The zero-order chi connectivity index (χ0) is 14.8. The van der Waals surface area contributed by atoms with Crippen LogP contribution in [0.4, 0.5) is 5.69 Å². The molecule has 0 aliphatic heterocycles. The van der Waals surface area contributed by atoms with Crippen LogP contribution in [0.1, 0.15) is 13.8 Å². The van der Waals surface area contributed by atoms with Crippen LogP contribution in [-0.4, -0.2) is 22.2 Å². The van der Waals surface area contributed by atoms with Crippen LogP contribution in [0.25, 0.3) is 5.69 Å². The number of halogens is 1. The van der Waals surface area contributed by atoms with E-state index in [1.165, 1.54) is 0 Å². The van der Waals surface area contributed by atoms with Crippen molar-refractivity contribution in [1.82, 2.24) is 9.78 Å². The number of nitrogens with two attached hydrogens (primary N) is 1.